The van der Waals surface area contributed by atoms with Crippen LogP contribution < -0.4 is 9.80 Å². The van der Waals surface area contributed by atoms with Gasteiger partial charge in [-0.15, -0.1) is 0 Å². The van der Waals surface area contributed by atoms with Crippen LogP contribution in [0.5, 0.6) is 0 Å². The maximum absolute atomic E-state index is 7.27. The van der Waals surface area contributed by atoms with Crippen LogP contribution in [0.25, 0.3) is 55.5 Å². The number of benzene rings is 10. The quantitative estimate of drug-likeness (QED) is 0.152. The van der Waals surface area contributed by atoms with Gasteiger partial charge < -0.3 is 14.2 Å². The Bertz CT molecular complexity index is 3560. The van der Waals surface area contributed by atoms with E-state index in [1.54, 1.807) is 0 Å². The molecule has 0 fully saturated rings. The average Bonchev–Trinajstić information content (AvgIpc) is 4.02. The molecule has 0 saturated carbocycles. The zero-order valence-electron chi connectivity index (χ0n) is 36.1. The number of fused-ring (bicyclic) bond motifs is 12. The Balaban J connectivity index is 1.03. The lowest BCUT2D eigenvalue weighted by molar-refractivity contribution is 0.507. The zero-order valence-corrected chi connectivity index (χ0v) is 36.1. The first-order valence-corrected chi connectivity index (χ1v) is 22.7. The largest absolute Gasteiger partial charge is 0.459 e. The highest BCUT2D eigenvalue weighted by molar-refractivity contribution is 6.07. The van der Waals surface area contributed by atoms with E-state index in [0.29, 0.717) is 0 Å². The Hall–Kier alpha value is -8.66. The maximum atomic E-state index is 7.27. The van der Waals surface area contributed by atoms with Gasteiger partial charge in [-0.25, -0.2) is 0 Å². The molecule has 310 valence electrons. The monoisotopic (exact) mass is 842 g/mol. The molecule has 2 aliphatic rings. The van der Waals surface area contributed by atoms with Crippen molar-refractivity contribution in [2.75, 3.05) is 9.80 Å². The first-order chi connectivity index (χ1) is 32.8. The highest BCUT2D eigenvalue weighted by Gasteiger charge is 2.56. The Morgan fingerprint density at radius 3 is 1.42 bits per heavy atom. The zero-order chi connectivity index (χ0) is 43.6. The Morgan fingerprint density at radius 2 is 0.773 bits per heavy atom. The van der Waals surface area contributed by atoms with E-state index in [2.05, 4.69) is 265 Å². The molecule has 0 aliphatic heterocycles. The van der Waals surface area contributed by atoms with E-state index in [4.69, 9.17) is 4.42 Å². The van der Waals surface area contributed by atoms with Crippen molar-refractivity contribution in [1.82, 2.24) is 0 Å². The summed E-state index contributed by atoms with van der Waals surface area (Å²) in [5.74, 6) is 0.969. The van der Waals surface area contributed by atoms with Gasteiger partial charge in [0.05, 0.1) is 5.69 Å². The van der Waals surface area contributed by atoms with E-state index in [1.807, 2.05) is 0 Å². The summed E-state index contributed by atoms with van der Waals surface area (Å²) < 4.78 is 7.27. The molecule has 1 aromatic heterocycles. The smallest absolute Gasteiger partial charge is 0.135 e. The molecule has 13 rings (SSSR count). The summed E-state index contributed by atoms with van der Waals surface area (Å²) in [6.07, 6.45) is 0. The van der Waals surface area contributed by atoms with Crippen molar-refractivity contribution in [2.24, 2.45) is 0 Å². The summed E-state index contributed by atoms with van der Waals surface area (Å²) in [6, 6.07) is 92.0. The van der Waals surface area contributed by atoms with Gasteiger partial charge in [0.25, 0.3) is 0 Å². The molecule has 1 atom stereocenters. The number of nitrogens with zero attached hydrogens (tertiary/aromatic N) is 2. The molecule has 1 heterocycles. The molecule has 3 nitrogen and oxygen atoms in total. The van der Waals surface area contributed by atoms with Crippen LogP contribution in [0.2, 0.25) is 0 Å². The van der Waals surface area contributed by atoms with Gasteiger partial charge in [-0.05, 0) is 123 Å². The predicted octanol–water partition coefficient (Wildman–Crippen LogP) is 17.0. The second-order valence-electron chi connectivity index (χ2n) is 17.2. The van der Waals surface area contributed by atoms with Crippen molar-refractivity contribution < 1.29 is 4.42 Å². The van der Waals surface area contributed by atoms with Crippen LogP contribution >= 0.6 is 0 Å². The van der Waals surface area contributed by atoms with Crippen LogP contribution in [0, 0.1) is 0 Å². The Labute approximate surface area is 384 Å². The summed E-state index contributed by atoms with van der Waals surface area (Å²) in [6.45, 7) is 0. The normalized spacial score (nSPS) is 14.1. The summed E-state index contributed by atoms with van der Waals surface area (Å²) in [7, 11) is 0. The highest BCUT2D eigenvalue weighted by Crippen LogP contribution is 2.66. The van der Waals surface area contributed by atoms with Crippen molar-refractivity contribution in [3.05, 3.63) is 277 Å². The molecule has 11 aromatic rings. The molecular weight excluding hydrogens is 801 g/mol. The van der Waals surface area contributed by atoms with E-state index in [1.165, 1.54) is 55.6 Å². The third kappa shape index (κ3) is 5.77. The van der Waals surface area contributed by atoms with E-state index >= 15 is 0 Å². The van der Waals surface area contributed by atoms with Gasteiger partial charge in [-0.1, -0.05) is 182 Å². The van der Waals surface area contributed by atoms with Gasteiger partial charge in [0, 0.05) is 45.0 Å². The molecule has 1 spiro atoms. The maximum Gasteiger partial charge on any atom is 0.135 e. The first-order valence-electron chi connectivity index (χ1n) is 22.7. The highest BCUT2D eigenvalue weighted by atomic mass is 16.3. The summed E-state index contributed by atoms with van der Waals surface area (Å²) in [4.78, 5) is 4.79. The number of para-hydroxylation sites is 3. The summed E-state index contributed by atoms with van der Waals surface area (Å²) in [5.41, 5.74) is 19.9. The van der Waals surface area contributed by atoms with Crippen LogP contribution in [0.4, 0.5) is 34.1 Å². The van der Waals surface area contributed by atoms with E-state index in [0.717, 1.165) is 56.4 Å². The molecule has 10 aromatic carbocycles. The van der Waals surface area contributed by atoms with E-state index < -0.39 is 5.41 Å². The molecule has 66 heavy (non-hydrogen) atoms. The van der Waals surface area contributed by atoms with Crippen LogP contribution in [-0.2, 0) is 5.41 Å². The fraction of sp³-hybridized carbons (Fsp3) is 0.0159. The molecule has 0 N–H and O–H groups in total. The second-order valence-corrected chi connectivity index (χ2v) is 17.2. The van der Waals surface area contributed by atoms with Crippen LogP contribution in [0.1, 0.15) is 22.5 Å². The molecule has 0 radical (unpaired) electrons. The van der Waals surface area contributed by atoms with Gasteiger partial charge in [0.1, 0.15) is 16.8 Å². The molecule has 2 aliphatic carbocycles. The average molecular weight is 843 g/mol. The lowest BCUT2D eigenvalue weighted by atomic mass is 9.73. The van der Waals surface area contributed by atoms with Crippen molar-refractivity contribution >= 4 is 45.1 Å². The molecule has 3 heteroatoms. The molecule has 1 unspecified atom stereocenters. The predicted molar refractivity (Wildman–Crippen MR) is 273 cm³/mol. The fourth-order valence-electron chi connectivity index (χ4n) is 10.8. The Morgan fingerprint density at radius 1 is 0.303 bits per heavy atom. The minimum absolute atomic E-state index is 0.710. The van der Waals surface area contributed by atoms with E-state index in [9.17, 15) is 0 Å². The third-order valence-corrected chi connectivity index (χ3v) is 13.7. The lowest BCUT2D eigenvalue weighted by Crippen LogP contribution is -2.25. The second kappa shape index (κ2) is 15.3. The summed E-state index contributed by atoms with van der Waals surface area (Å²) >= 11 is 0. The van der Waals surface area contributed by atoms with Crippen molar-refractivity contribution in [1.29, 1.82) is 0 Å². The first kappa shape index (κ1) is 37.9. The SMILES string of the molecule is c1ccc(-c2ccc(N(c3ccccc3)c3ccc4c(c3)-c3c(oc5ccccc35)C43c4ccccc4-c4c(N(c5ccccc5)c5ccc(-c6ccccc6)cc5)cccc43)cc2)cc1. The third-order valence-electron chi connectivity index (χ3n) is 13.7. The van der Waals surface area contributed by atoms with Crippen molar-refractivity contribution in [2.45, 2.75) is 5.41 Å². The number of hydrogen-bond acceptors (Lipinski definition) is 3. The fourth-order valence-corrected chi connectivity index (χ4v) is 10.8. The van der Waals surface area contributed by atoms with Gasteiger partial charge in [-0.2, -0.15) is 0 Å². The topological polar surface area (TPSA) is 19.6 Å². The number of hydrogen-bond donors (Lipinski definition) is 0. The minimum Gasteiger partial charge on any atom is -0.459 e. The lowest BCUT2D eigenvalue weighted by Gasteiger charge is -2.31. The van der Waals surface area contributed by atoms with Crippen LogP contribution in [-0.4, -0.2) is 0 Å². The molecule has 0 bridgehead atoms. The molecule has 0 saturated heterocycles. The number of furan rings is 1. The van der Waals surface area contributed by atoms with Crippen molar-refractivity contribution in [3.63, 3.8) is 0 Å². The van der Waals surface area contributed by atoms with Gasteiger partial charge in [0.15, 0.2) is 0 Å². The minimum atomic E-state index is -0.710. The number of anilines is 6. The van der Waals surface area contributed by atoms with Crippen LogP contribution in [0.15, 0.2) is 259 Å². The standard InChI is InChI=1S/C63H42N2O/c1-5-18-43(19-6-1)45-32-36-49(37-33-45)64(47-22-9-3-10-23-47)51-40-41-56-54(42-51)60-53-27-14-16-31-59(53)66-62(60)63(56)55-28-15-13-26-52(55)61-57(63)29-17-30-58(61)65(48-24-11-4-12-25-48)50-38-34-46(35-39-50)44-20-7-2-8-21-44/h1-42H. The van der Waals surface area contributed by atoms with Gasteiger partial charge in [-0.3, -0.25) is 0 Å². The van der Waals surface area contributed by atoms with Crippen molar-refractivity contribution in [3.8, 4) is 44.5 Å². The molecular formula is C63H42N2O. The van der Waals surface area contributed by atoms with Gasteiger partial charge >= 0.3 is 0 Å². The summed E-state index contributed by atoms with van der Waals surface area (Å²) in [5, 5.41) is 1.12. The Kier molecular flexibility index (Phi) is 8.75. The van der Waals surface area contributed by atoms with E-state index in [-0.39, 0.29) is 0 Å². The van der Waals surface area contributed by atoms with Crippen LogP contribution in [0.3, 0.4) is 0 Å². The van der Waals surface area contributed by atoms with Gasteiger partial charge in [0.2, 0.25) is 0 Å². The number of rotatable bonds is 8. The molecule has 0 amide bonds.